The Bertz CT molecular complexity index is 1310. The van der Waals surface area contributed by atoms with Gasteiger partial charge in [0.25, 0.3) is 5.91 Å². The molecule has 0 spiro atoms. The minimum absolute atomic E-state index is 0.0711. The van der Waals surface area contributed by atoms with Crippen LogP contribution in [0.3, 0.4) is 0 Å². The second-order valence-corrected chi connectivity index (χ2v) is 8.10. The molecule has 6 heteroatoms. The molecule has 0 aliphatic carbocycles. The lowest BCUT2D eigenvalue weighted by Crippen LogP contribution is -2.49. The summed E-state index contributed by atoms with van der Waals surface area (Å²) in [4.78, 5) is 14.6. The van der Waals surface area contributed by atoms with Gasteiger partial charge in [-0.25, -0.2) is 4.52 Å². The molecule has 0 N–H and O–H groups in total. The monoisotopic (exact) mass is 422 g/mol. The molecule has 0 bridgehead atoms. The molecular formula is C26H22N4O2. The number of hydrogen-bond acceptors (Lipinski definition) is 4. The van der Waals surface area contributed by atoms with Crippen molar-refractivity contribution in [3.8, 4) is 17.6 Å². The van der Waals surface area contributed by atoms with Gasteiger partial charge in [0.05, 0.1) is 23.7 Å². The van der Waals surface area contributed by atoms with E-state index in [0.717, 1.165) is 23.3 Å². The van der Waals surface area contributed by atoms with Crippen LogP contribution in [0.2, 0.25) is 0 Å². The number of aromatic nitrogens is 2. The van der Waals surface area contributed by atoms with Gasteiger partial charge >= 0.3 is 0 Å². The average molecular weight is 422 g/mol. The third-order valence-electron chi connectivity index (χ3n) is 5.87. The van der Waals surface area contributed by atoms with Gasteiger partial charge < -0.3 is 9.64 Å². The maximum Gasteiger partial charge on any atom is 0.255 e. The van der Waals surface area contributed by atoms with Gasteiger partial charge in [-0.1, -0.05) is 42.5 Å². The van der Waals surface area contributed by atoms with Gasteiger partial charge in [0.1, 0.15) is 11.3 Å². The molecule has 1 aliphatic rings. The van der Waals surface area contributed by atoms with E-state index in [2.05, 4.69) is 35.4 Å². The molecule has 1 saturated heterocycles. The van der Waals surface area contributed by atoms with Crippen molar-refractivity contribution < 1.29 is 9.53 Å². The third-order valence-corrected chi connectivity index (χ3v) is 5.87. The zero-order valence-corrected chi connectivity index (χ0v) is 17.7. The Morgan fingerprint density at radius 1 is 1.09 bits per heavy atom. The van der Waals surface area contributed by atoms with Crippen molar-refractivity contribution in [3.63, 3.8) is 0 Å². The van der Waals surface area contributed by atoms with Gasteiger partial charge in [-0.05, 0) is 42.2 Å². The van der Waals surface area contributed by atoms with Crippen molar-refractivity contribution in [2.24, 2.45) is 5.92 Å². The fourth-order valence-corrected chi connectivity index (χ4v) is 4.05. The minimum atomic E-state index is -0.0734. The normalized spacial score (nSPS) is 13.6. The summed E-state index contributed by atoms with van der Waals surface area (Å²) in [5.41, 5.74) is 4.64. The quantitative estimate of drug-likeness (QED) is 0.470. The van der Waals surface area contributed by atoms with Crippen LogP contribution in [-0.2, 0) is 6.42 Å². The minimum Gasteiger partial charge on any atom is -0.455 e. The summed E-state index contributed by atoms with van der Waals surface area (Å²) in [6.45, 7) is 2.86. The largest absolute Gasteiger partial charge is 0.455 e. The Labute approximate surface area is 186 Å². The number of likely N-dealkylation sites (tertiary alicyclic amines) is 1. The van der Waals surface area contributed by atoms with Crippen molar-refractivity contribution >= 4 is 11.4 Å². The van der Waals surface area contributed by atoms with E-state index >= 15 is 0 Å². The smallest absolute Gasteiger partial charge is 0.255 e. The van der Waals surface area contributed by atoms with Gasteiger partial charge in [-0.15, -0.1) is 0 Å². The molecule has 6 nitrogen and oxygen atoms in total. The van der Waals surface area contributed by atoms with Crippen molar-refractivity contribution in [2.45, 2.75) is 13.3 Å². The summed E-state index contributed by atoms with van der Waals surface area (Å²) < 4.78 is 7.86. The Kier molecular flexibility index (Phi) is 5.08. The molecule has 32 heavy (non-hydrogen) atoms. The molecule has 2 aromatic heterocycles. The Morgan fingerprint density at radius 2 is 1.81 bits per heavy atom. The molecular weight excluding hydrogens is 400 g/mol. The predicted molar refractivity (Wildman–Crippen MR) is 121 cm³/mol. The molecule has 1 amide bonds. The number of amides is 1. The number of rotatable bonds is 5. The van der Waals surface area contributed by atoms with E-state index in [9.17, 15) is 4.79 Å². The van der Waals surface area contributed by atoms with Crippen molar-refractivity contribution in [1.29, 1.82) is 5.26 Å². The molecule has 1 aliphatic heterocycles. The van der Waals surface area contributed by atoms with E-state index < -0.39 is 0 Å². The van der Waals surface area contributed by atoms with Gasteiger partial charge in [0.15, 0.2) is 5.75 Å². The van der Waals surface area contributed by atoms with Crippen LogP contribution in [0.1, 0.15) is 27.0 Å². The maximum absolute atomic E-state index is 12.9. The highest BCUT2D eigenvalue weighted by atomic mass is 16.5. The van der Waals surface area contributed by atoms with Crippen LogP contribution >= 0.6 is 0 Å². The van der Waals surface area contributed by atoms with E-state index in [1.807, 2.05) is 43.3 Å². The molecule has 4 aromatic rings. The van der Waals surface area contributed by atoms with Crippen molar-refractivity contribution in [1.82, 2.24) is 14.5 Å². The lowest BCUT2D eigenvalue weighted by molar-refractivity contribution is 0.0576. The summed E-state index contributed by atoms with van der Waals surface area (Å²) in [5.74, 6) is 1.22. The van der Waals surface area contributed by atoms with E-state index in [1.54, 1.807) is 21.8 Å². The fraction of sp³-hybridized carbons (Fsp3) is 0.192. The zero-order valence-electron chi connectivity index (χ0n) is 17.7. The first-order chi connectivity index (χ1) is 15.6. The Morgan fingerprint density at radius 3 is 2.53 bits per heavy atom. The van der Waals surface area contributed by atoms with E-state index in [0.29, 0.717) is 24.4 Å². The summed E-state index contributed by atoms with van der Waals surface area (Å²) in [6.07, 6.45) is 4.27. The highest BCUT2D eigenvalue weighted by Gasteiger charge is 2.32. The van der Waals surface area contributed by atoms with Crippen LogP contribution in [0.4, 0.5) is 0 Å². The summed E-state index contributed by atoms with van der Waals surface area (Å²) >= 11 is 0. The topological polar surface area (TPSA) is 70.6 Å². The first-order valence-electron chi connectivity index (χ1n) is 10.6. The Hall–Kier alpha value is -4.11. The maximum atomic E-state index is 12.9. The fourth-order valence-electron chi connectivity index (χ4n) is 4.05. The molecule has 0 saturated carbocycles. The number of fused-ring (bicyclic) bond motifs is 1. The van der Waals surface area contributed by atoms with Gasteiger partial charge in [-0.3, -0.25) is 4.79 Å². The second kappa shape index (κ2) is 8.20. The SMILES string of the molecule is Cc1c(C(=O)N2CC(C#N)C2)cn2nccc(Oc3ccc(Cc4ccccc4)cc3)c12. The number of carbonyl (C=O) groups excluding carboxylic acids is 1. The van der Waals surface area contributed by atoms with Crippen LogP contribution < -0.4 is 4.74 Å². The van der Waals surface area contributed by atoms with Crippen LogP contribution in [0.15, 0.2) is 73.1 Å². The standard InChI is InChI=1S/C26H22N4O2/c1-18-23(26(31)29-15-21(14-27)16-29)17-30-25(18)24(11-12-28-30)32-22-9-7-20(8-10-22)13-19-5-3-2-4-6-19/h2-12,17,21H,13,15-16H2,1H3. The first-order valence-corrected chi connectivity index (χ1v) is 10.6. The van der Waals surface area contributed by atoms with Crippen molar-refractivity contribution in [3.05, 3.63) is 95.3 Å². The number of aryl methyl sites for hydroxylation is 1. The predicted octanol–water partition coefficient (Wildman–Crippen LogP) is 4.62. The summed E-state index contributed by atoms with van der Waals surface area (Å²) in [5, 5.41) is 13.3. The molecule has 2 aromatic carbocycles. The number of hydrogen-bond donors (Lipinski definition) is 0. The lowest BCUT2D eigenvalue weighted by Gasteiger charge is -2.35. The highest BCUT2D eigenvalue weighted by Crippen LogP contribution is 2.31. The number of benzene rings is 2. The molecule has 1 fully saturated rings. The van der Waals surface area contributed by atoms with Gasteiger partial charge in [0, 0.05) is 25.4 Å². The van der Waals surface area contributed by atoms with E-state index in [4.69, 9.17) is 10.00 Å². The van der Waals surface area contributed by atoms with Crippen LogP contribution in [0.25, 0.3) is 5.52 Å². The molecule has 5 rings (SSSR count). The van der Waals surface area contributed by atoms with E-state index in [1.165, 1.54) is 11.1 Å². The van der Waals surface area contributed by atoms with Crippen LogP contribution in [-0.4, -0.2) is 33.5 Å². The van der Waals surface area contributed by atoms with Gasteiger partial charge in [-0.2, -0.15) is 10.4 Å². The molecule has 3 heterocycles. The zero-order chi connectivity index (χ0) is 22.1. The van der Waals surface area contributed by atoms with Gasteiger partial charge in [0.2, 0.25) is 0 Å². The number of nitriles is 1. The number of ether oxygens (including phenoxy) is 1. The number of carbonyl (C=O) groups is 1. The molecule has 0 atom stereocenters. The molecule has 158 valence electrons. The number of nitrogens with zero attached hydrogens (tertiary/aromatic N) is 4. The van der Waals surface area contributed by atoms with Crippen molar-refractivity contribution in [2.75, 3.05) is 13.1 Å². The second-order valence-electron chi connectivity index (χ2n) is 8.10. The summed E-state index contributed by atoms with van der Waals surface area (Å²) in [6, 6.07) is 22.4. The van der Waals surface area contributed by atoms with Crippen LogP contribution in [0, 0.1) is 24.2 Å². The molecule has 0 radical (unpaired) electrons. The first kappa shape index (κ1) is 19.8. The van der Waals surface area contributed by atoms with Crippen LogP contribution in [0.5, 0.6) is 11.5 Å². The Balaban J connectivity index is 1.37. The highest BCUT2D eigenvalue weighted by molar-refractivity contribution is 5.98. The average Bonchev–Trinajstić information content (AvgIpc) is 3.12. The lowest BCUT2D eigenvalue weighted by atomic mass is 10.0. The summed E-state index contributed by atoms with van der Waals surface area (Å²) in [7, 11) is 0. The molecule has 0 unspecified atom stereocenters. The third kappa shape index (κ3) is 3.69. The van der Waals surface area contributed by atoms with E-state index in [-0.39, 0.29) is 11.8 Å².